The van der Waals surface area contributed by atoms with Crippen LogP contribution in [0.25, 0.3) is 0 Å². The number of aliphatic imine (C=N–C) groups is 1. The first-order chi connectivity index (χ1) is 11.8. The van der Waals surface area contributed by atoms with Crippen molar-refractivity contribution in [1.29, 1.82) is 0 Å². The molecule has 5 nitrogen and oxygen atoms in total. The van der Waals surface area contributed by atoms with Crippen LogP contribution >= 0.6 is 24.0 Å². The molecular weight excluding hydrogens is 429 g/mol. The monoisotopic (exact) mass is 461 g/mol. The predicted molar refractivity (Wildman–Crippen MR) is 114 cm³/mol. The largest absolute Gasteiger partial charge is 0.379 e. The van der Waals surface area contributed by atoms with Crippen molar-refractivity contribution in [2.75, 3.05) is 39.5 Å². The minimum absolute atomic E-state index is 0. The Morgan fingerprint density at radius 2 is 2.24 bits per heavy atom. The highest BCUT2D eigenvalue weighted by Crippen LogP contribution is 2.08. The molecule has 1 aliphatic rings. The predicted octanol–water partition coefficient (Wildman–Crippen LogP) is 2.91. The molecule has 2 rings (SSSR count). The van der Waals surface area contributed by atoms with E-state index in [0.717, 1.165) is 64.7 Å². The molecule has 1 saturated heterocycles. The maximum absolute atomic E-state index is 5.76. The summed E-state index contributed by atoms with van der Waals surface area (Å²) in [6.45, 7) is 9.05. The highest BCUT2D eigenvalue weighted by atomic mass is 127. The normalized spacial score (nSPS) is 17.2. The van der Waals surface area contributed by atoms with E-state index in [0.29, 0.717) is 0 Å². The molecule has 1 aromatic carbocycles. The second kappa shape index (κ2) is 13.4. The van der Waals surface area contributed by atoms with Crippen molar-refractivity contribution in [2.24, 2.45) is 4.99 Å². The molecule has 0 saturated carbocycles. The fraction of sp³-hybridized carbons (Fsp3) is 0.632. The number of halogens is 1. The van der Waals surface area contributed by atoms with E-state index >= 15 is 0 Å². The van der Waals surface area contributed by atoms with Gasteiger partial charge in [0.2, 0.25) is 0 Å². The van der Waals surface area contributed by atoms with Crippen LogP contribution in [0.4, 0.5) is 0 Å². The summed E-state index contributed by atoms with van der Waals surface area (Å²) in [5.74, 6) is 0.884. The first-order valence-corrected chi connectivity index (χ1v) is 9.05. The third kappa shape index (κ3) is 9.42. The molecular formula is C19H32IN3O2. The summed E-state index contributed by atoms with van der Waals surface area (Å²) < 4.78 is 11.1. The number of guanidine groups is 1. The molecule has 1 aliphatic heterocycles. The van der Waals surface area contributed by atoms with Crippen molar-refractivity contribution in [3.63, 3.8) is 0 Å². The Morgan fingerprint density at radius 1 is 1.36 bits per heavy atom. The van der Waals surface area contributed by atoms with E-state index in [2.05, 4.69) is 53.7 Å². The summed E-state index contributed by atoms with van der Waals surface area (Å²) >= 11 is 0. The minimum Gasteiger partial charge on any atom is -0.379 e. The van der Waals surface area contributed by atoms with E-state index < -0.39 is 0 Å². The minimum atomic E-state index is 0. The van der Waals surface area contributed by atoms with Crippen molar-refractivity contribution in [3.05, 3.63) is 35.4 Å². The molecule has 0 bridgehead atoms. The van der Waals surface area contributed by atoms with E-state index in [1.807, 2.05) is 0 Å². The zero-order chi connectivity index (χ0) is 17.0. The lowest BCUT2D eigenvalue weighted by molar-refractivity contribution is 0.0424. The fourth-order valence-corrected chi connectivity index (χ4v) is 2.68. The molecule has 6 heteroatoms. The number of ether oxygens (including phenoxy) is 2. The average Bonchev–Trinajstić information content (AvgIpc) is 3.08. The number of nitrogens with zero attached hydrogens (tertiary/aromatic N) is 1. The summed E-state index contributed by atoms with van der Waals surface area (Å²) in [4.78, 5) is 4.61. The zero-order valence-corrected chi connectivity index (χ0v) is 17.8. The molecule has 1 unspecified atom stereocenters. The van der Waals surface area contributed by atoms with Crippen LogP contribution < -0.4 is 10.6 Å². The van der Waals surface area contributed by atoms with Crippen molar-refractivity contribution in [2.45, 2.75) is 39.2 Å². The maximum atomic E-state index is 5.76. The van der Waals surface area contributed by atoms with E-state index in [1.54, 1.807) is 0 Å². The summed E-state index contributed by atoms with van der Waals surface area (Å²) in [7, 11) is 0. The maximum Gasteiger partial charge on any atom is 0.191 e. The standard InChI is InChI=1S/C19H31N3O2.HI/c1-3-20-19(21-10-5-12-24-18-9-13-23-15-18)22-11-8-17-7-4-6-16(2)14-17;/h4,6-7,14,18H,3,5,8-13,15H2,1-2H3,(H2,20,21,22);1H. The molecule has 1 atom stereocenters. The molecule has 0 spiro atoms. The van der Waals surface area contributed by atoms with E-state index in [4.69, 9.17) is 9.47 Å². The number of benzene rings is 1. The van der Waals surface area contributed by atoms with Crippen LogP contribution in [0.15, 0.2) is 29.3 Å². The fourth-order valence-electron chi connectivity index (χ4n) is 2.68. The lowest BCUT2D eigenvalue weighted by Crippen LogP contribution is -2.38. The van der Waals surface area contributed by atoms with Gasteiger partial charge in [-0.05, 0) is 38.7 Å². The van der Waals surface area contributed by atoms with Gasteiger partial charge in [0.1, 0.15) is 0 Å². The van der Waals surface area contributed by atoms with E-state index in [9.17, 15) is 0 Å². The van der Waals surface area contributed by atoms with Gasteiger partial charge in [0.15, 0.2) is 5.96 Å². The van der Waals surface area contributed by atoms with Crippen LogP contribution in [0.2, 0.25) is 0 Å². The Labute approximate surface area is 169 Å². The van der Waals surface area contributed by atoms with E-state index in [-0.39, 0.29) is 30.1 Å². The van der Waals surface area contributed by atoms with Gasteiger partial charge in [0, 0.05) is 32.8 Å². The number of hydrogen-bond donors (Lipinski definition) is 2. The van der Waals surface area contributed by atoms with Crippen molar-refractivity contribution >= 4 is 29.9 Å². The lowest BCUT2D eigenvalue weighted by Gasteiger charge is -2.12. The molecule has 2 N–H and O–H groups in total. The number of nitrogens with one attached hydrogen (secondary N) is 2. The molecule has 0 aliphatic carbocycles. The Morgan fingerprint density at radius 3 is 2.96 bits per heavy atom. The zero-order valence-electron chi connectivity index (χ0n) is 15.4. The Balaban J connectivity index is 0.00000312. The SMILES string of the molecule is CCNC(=NCCCOC1CCOC1)NCCc1cccc(C)c1.I. The smallest absolute Gasteiger partial charge is 0.191 e. The average molecular weight is 461 g/mol. The van der Waals surface area contributed by atoms with Gasteiger partial charge in [0.05, 0.1) is 12.7 Å². The van der Waals surface area contributed by atoms with Crippen molar-refractivity contribution < 1.29 is 9.47 Å². The molecule has 25 heavy (non-hydrogen) atoms. The topological polar surface area (TPSA) is 54.9 Å². The molecule has 1 fully saturated rings. The van der Waals surface area contributed by atoms with Gasteiger partial charge in [-0.15, -0.1) is 24.0 Å². The van der Waals surface area contributed by atoms with E-state index in [1.165, 1.54) is 11.1 Å². The summed E-state index contributed by atoms with van der Waals surface area (Å²) in [6.07, 6.45) is 3.24. The van der Waals surface area contributed by atoms with Gasteiger partial charge >= 0.3 is 0 Å². The highest BCUT2D eigenvalue weighted by molar-refractivity contribution is 14.0. The first-order valence-electron chi connectivity index (χ1n) is 9.05. The first kappa shape index (κ1) is 22.2. The van der Waals surface area contributed by atoms with Gasteiger partial charge in [-0.25, -0.2) is 0 Å². The van der Waals surface area contributed by atoms with Crippen LogP contribution in [0.5, 0.6) is 0 Å². The molecule has 0 amide bonds. The van der Waals surface area contributed by atoms with Crippen molar-refractivity contribution in [3.8, 4) is 0 Å². The third-order valence-corrected chi connectivity index (χ3v) is 3.95. The summed E-state index contributed by atoms with van der Waals surface area (Å²) in [5.41, 5.74) is 2.66. The second-order valence-corrected chi connectivity index (χ2v) is 6.14. The molecule has 1 aromatic rings. The number of rotatable bonds is 9. The van der Waals surface area contributed by atoms with Gasteiger partial charge in [-0.2, -0.15) is 0 Å². The summed E-state index contributed by atoms with van der Waals surface area (Å²) in [5, 5.41) is 6.69. The molecule has 0 radical (unpaired) electrons. The molecule has 142 valence electrons. The second-order valence-electron chi connectivity index (χ2n) is 6.14. The number of hydrogen-bond acceptors (Lipinski definition) is 3. The Hall–Kier alpha value is -0.860. The summed E-state index contributed by atoms with van der Waals surface area (Å²) in [6, 6.07) is 8.64. The van der Waals surface area contributed by atoms with Gasteiger partial charge in [-0.1, -0.05) is 29.8 Å². The number of aryl methyl sites for hydroxylation is 1. The van der Waals surface area contributed by atoms with Gasteiger partial charge < -0.3 is 20.1 Å². The van der Waals surface area contributed by atoms with Crippen LogP contribution in [0.3, 0.4) is 0 Å². The molecule has 0 aromatic heterocycles. The quantitative estimate of drug-likeness (QED) is 0.257. The van der Waals surface area contributed by atoms with Crippen LogP contribution in [-0.2, 0) is 15.9 Å². The van der Waals surface area contributed by atoms with Gasteiger partial charge in [0.25, 0.3) is 0 Å². The Kier molecular flexibility index (Phi) is 11.9. The highest BCUT2D eigenvalue weighted by Gasteiger charge is 2.15. The molecule has 1 heterocycles. The third-order valence-electron chi connectivity index (χ3n) is 3.95. The van der Waals surface area contributed by atoms with Gasteiger partial charge in [-0.3, -0.25) is 4.99 Å². The Bertz CT molecular complexity index is 505. The van der Waals surface area contributed by atoms with Crippen LogP contribution in [-0.4, -0.2) is 51.5 Å². The lowest BCUT2D eigenvalue weighted by atomic mass is 10.1. The van der Waals surface area contributed by atoms with Crippen LogP contribution in [0, 0.1) is 6.92 Å². The van der Waals surface area contributed by atoms with Crippen molar-refractivity contribution in [1.82, 2.24) is 10.6 Å². The van der Waals surface area contributed by atoms with Crippen LogP contribution in [0.1, 0.15) is 30.9 Å².